The van der Waals surface area contributed by atoms with Crippen molar-refractivity contribution in [2.75, 3.05) is 0 Å². The van der Waals surface area contributed by atoms with E-state index in [-0.39, 0.29) is 29.3 Å². The van der Waals surface area contributed by atoms with Crippen molar-refractivity contribution in [1.29, 1.82) is 0 Å². The summed E-state index contributed by atoms with van der Waals surface area (Å²) in [5.74, 6) is -0.401. The number of benzene rings is 3. The molecule has 0 aliphatic heterocycles. The zero-order valence-electron chi connectivity index (χ0n) is 19.2. The van der Waals surface area contributed by atoms with E-state index in [4.69, 9.17) is 27.4 Å². The molecule has 1 amide bonds. The molecular weight excluding hydrogens is 538 g/mol. The van der Waals surface area contributed by atoms with E-state index in [1.54, 1.807) is 17.0 Å². The van der Waals surface area contributed by atoms with Gasteiger partial charge < -0.3 is 9.08 Å². The molecule has 3 aromatic rings. The number of carbonyl (C=O) groups excluding carboxylic acids is 1. The summed E-state index contributed by atoms with van der Waals surface area (Å²) < 4.78 is 69.4. The Morgan fingerprint density at radius 1 is 1.00 bits per heavy atom. The van der Waals surface area contributed by atoms with Gasteiger partial charge in [0, 0.05) is 18.2 Å². The second-order valence-electron chi connectivity index (χ2n) is 8.03. The molecule has 0 N–H and O–H groups in total. The van der Waals surface area contributed by atoms with Gasteiger partial charge in [0.25, 0.3) is 5.91 Å². The van der Waals surface area contributed by atoms with E-state index in [0.717, 1.165) is 18.2 Å². The van der Waals surface area contributed by atoms with Crippen molar-refractivity contribution in [2.45, 2.75) is 43.9 Å². The van der Waals surface area contributed by atoms with Gasteiger partial charge >= 0.3 is 16.3 Å². The van der Waals surface area contributed by atoms with Crippen LogP contribution < -0.4 is 4.18 Å². The van der Waals surface area contributed by atoms with E-state index in [1.165, 1.54) is 30.3 Å². The number of carbonyl (C=O) groups is 1. The van der Waals surface area contributed by atoms with Crippen LogP contribution in [-0.4, -0.2) is 25.3 Å². The van der Waals surface area contributed by atoms with Gasteiger partial charge in [0.05, 0.1) is 15.6 Å². The molecule has 0 spiro atoms. The maximum atomic E-state index is 13.2. The molecule has 36 heavy (non-hydrogen) atoms. The summed E-state index contributed by atoms with van der Waals surface area (Å²) >= 11 is 12.0. The minimum Gasteiger partial charge on any atom is -0.379 e. The molecule has 0 saturated heterocycles. The largest absolute Gasteiger partial charge is 0.416 e. The lowest BCUT2D eigenvalue weighted by Crippen LogP contribution is -2.37. The molecule has 3 aromatic carbocycles. The molecule has 0 bridgehead atoms. The van der Waals surface area contributed by atoms with Gasteiger partial charge in [-0.3, -0.25) is 4.79 Å². The van der Waals surface area contributed by atoms with Crippen LogP contribution in [0.15, 0.2) is 71.6 Å². The quantitative estimate of drug-likeness (QED) is 0.273. The molecule has 1 unspecified atom stereocenters. The molecule has 0 heterocycles. The fraction of sp³-hybridized carbons (Fsp3) is 0.240. The molecular formula is C25H22Cl2F3NO4S. The molecule has 3 rings (SSSR count). The third kappa shape index (κ3) is 6.72. The van der Waals surface area contributed by atoms with Crippen molar-refractivity contribution >= 4 is 39.2 Å². The standard InChI is InChI=1S/C25H22Cl2F3NO4S/c1-3-16(2)31(24(32)18-10-11-22(26)23(27)13-18)15-17-6-4-8-20(12-17)35-36(33,34)21-9-5-7-19(14-21)25(28,29)30/h4-14,16H,3,15H2,1-2H3. The van der Waals surface area contributed by atoms with Crippen LogP contribution >= 0.6 is 23.2 Å². The summed E-state index contributed by atoms with van der Waals surface area (Å²) in [7, 11) is -4.54. The summed E-state index contributed by atoms with van der Waals surface area (Å²) in [5, 5.41) is 0.553. The van der Waals surface area contributed by atoms with Crippen LogP contribution in [0.2, 0.25) is 10.0 Å². The van der Waals surface area contributed by atoms with Crippen LogP contribution in [-0.2, 0) is 22.8 Å². The second-order valence-corrected chi connectivity index (χ2v) is 10.4. The van der Waals surface area contributed by atoms with Crippen LogP contribution in [0.5, 0.6) is 5.75 Å². The van der Waals surface area contributed by atoms with Crippen molar-refractivity contribution in [1.82, 2.24) is 4.90 Å². The normalized spacial score (nSPS) is 12.8. The fourth-order valence-electron chi connectivity index (χ4n) is 3.34. The van der Waals surface area contributed by atoms with Gasteiger partial charge in [-0.1, -0.05) is 48.3 Å². The molecule has 0 fully saturated rings. The lowest BCUT2D eigenvalue weighted by molar-refractivity contribution is -0.137. The predicted octanol–water partition coefficient (Wildman–Crippen LogP) is 7.22. The highest BCUT2D eigenvalue weighted by Crippen LogP contribution is 2.31. The first kappa shape index (κ1) is 27.8. The Morgan fingerprint density at radius 2 is 1.69 bits per heavy atom. The van der Waals surface area contributed by atoms with Crippen LogP contribution in [0.25, 0.3) is 0 Å². The zero-order chi connectivity index (χ0) is 26.7. The summed E-state index contributed by atoms with van der Waals surface area (Å²) in [5.41, 5.74) is -0.212. The number of hydrogen-bond acceptors (Lipinski definition) is 4. The van der Waals surface area contributed by atoms with Crippen molar-refractivity contribution in [3.8, 4) is 5.75 Å². The predicted molar refractivity (Wildman–Crippen MR) is 132 cm³/mol. The lowest BCUT2D eigenvalue weighted by Gasteiger charge is -2.29. The van der Waals surface area contributed by atoms with Crippen molar-refractivity contribution in [2.24, 2.45) is 0 Å². The Labute approximate surface area is 217 Å². The SMILES string of the molecule is CCC(C)N(Cc1cccc(OS(=O)(=O)c2cccc(C(F)(F)F)c2)c1)C(=O)c1ccc(Cl)c(Cl)c1. The number of nitrogens with zero attached hydrogens (tertiary/aromatic N) is 1. The van der Waals surface area contributed by atoms with Gasteiger partial charge in [-0.2, -0.15) is 21.6 Å². The highest BCUT2D eigenvalue weighted by atomic mass is 35.5. The highest BCUT2D eigenvalue weighted by molar-refractivity contribution is 7.87. The van der Waals surface area contributed by atoms with Gasteiger partial charge in [-0.15, -0.1) is 0 Å². The minimum atomic E-state index is -4.70. The van der Waals surface area contributed by atoms with Crippen LogP contribution in [0.1, 0.15) is 41.8 Å². The summed E-state index contributed by atoms with van der Waals surface area (Å²) in [6.45, 7) is 3.91. The van der Waals surface area contributed by atoms with Crippen LogP contribution in [0.3, 0.4) is 0 Å². The monoisotopic (exact) mass is 559 g/mol. The minimum absolute atomic E-state index is 0.101. The average molecular weight is 560 g/mol. The van der Waals surface area contributed by atoms with E-state index in [2.05, 4.69) is 0 Å². The maximum absolute atomic E-state index is 13.2. The van der Waals surface area contributed by atoms with Crippen LogP contribution in [0, 0.1) is 0 Å². The average Bonchev–Trinajstić information content (AvgIpc) is 2.83. The van der Waals surface area contributed by atoms with E-state index >= 15 is 0 Å². The van der Waals surface area contributed by atoms with Gasteiger partial charge in [0.15, 0.2) is 0 Å². The Morgan fingerprint density at radius 3 is 2.33 bits per heavy atom. The number of rotatable bonds is 8. The smallest absolute Gasteiger partial charge is 0.379 e. The first-order chi connectivity index (χ1) is 16.8. The first-order valence-electron chi connectivity index (χ1n) is 10.8. The van der Waals surface area contributed by atoms with E-state index < -0.39 is 26.8 Å². The molecule has 1 atom stereocenters. The van der Waals surface area contributed by atoms with Gasteiger partial charge in [-0.05, 0) is 67.4 Å². The first-order valence-corrected chi connectivity index (χ1v) is 12.9. The number of amides is 1. The maximum Gasteiger partial charge on any atom is 0.416 e. The highest BCUT2D eigenvalue weighted by Gasteiger charge is 2.32. The van der Waals surface area contributed by atoms with E-state index in [9.17, 15) is 26.4 Å². The molecule has 0 radical (unpaired) electrons. The molecule has 0 aromatic heterocycles. The summed E-state index contributed by atoms with van der Waals surface area (Å²) in [4.78, 5) is 14.2. The number of hydrogen-bond donors (Lipinski definition) is 0. The van der Waals surface area contributed by atoms with E-state index in [0.29, 0.717) is 28.6 Å². The topological polar surface area (TPSA) is 63.7 Å². The second kappa shape index (κ2) is 11.1. The molecule has 192 valence electrons. The fourth-order valence-corrected chi connectivity index (χ4v) is 4.61. The molecule has 11 heteroatoms. The van der Waals surface area contributed by atoms with Crippen LogP contribution in [0.4, 0.5) is 13.2 Å². The van der Waals surface area contributed by atoms with Gasteiger partial charge in [0.1, 0.15) is 10.6 Å². The Kier molecular flexibility index (Phi) is 8.59. The van der Waals surface area contributed by atoms with Gasteiger partial charge in [-0.25, -0.2) is 0 Å². The molecule has 0 saturated carbocycles. The summed E-state index contributed by atoms with van der Waals surface area (Å²) in [6, 6.07) is 13.7. The molecule has 0 aliphatic carbocycles. The summed E-state index contributed by atoms with van der Waals surface area (Å²) in [6.07, 6.45) is -4.06. The Bertz CT molecular complexity index is 1360. The van der Waals surface area contributed by atoms with Crippen molar-refractivity contribution in [3.05, 3.63) is 93.5 Å². The number of alkyl halides is 3. The van der Waals surface area contributed by atoms with Gasteiger partial charge in [0.2, 0.25) is 0 Å². The third-order valence-corrected chi connectivity index (χ3v) is 7.44. The molecule has 0 aliphatic rings. The van der Waals surface area contributed by atoms with Crippen molar-refractivity contribution in [3.63, 3.8) is 0 Å². The van der Waals surface area contributed by atoms with E-state index in [1.807, 2.05) is 13.8 Å². The molecule has 5 nitrogen and oxygen atoms in total. The number of halogens is 5. The third-order valence-electron chi connectivity index (χ3n) is 5.46. The lowest BCUT2D eigenvalue weighted by atomic mass is 10.1. The van der Waals surface area contributed by atoms with Crippen molar-refractivity contribution < 1.29 is 30.6 Å². The Balaban J connectivity index is 1.86. The Hall–Kier alpha value is -2.75. The zero-order valence-corrected chi connectivity index (χ0v) is 21.5.